The maximum Gasteiger partial charge on any atom is 0.327 e. The first-order valence-corrected chi connectivity index (χ1v) is 5.37. The van der Waals surface area contributed by atoms with Crippen LogP contribution in [0, 0.1) is 0 Å². The van der Waals surface area contributed by atoms with Crippen LogP contribution in [0.3, 0.4) is 0 Å². The van der Waals surface area contributed by atoms with E-state index in [9.17, 15) is 4.79 Å². The van der Waals surface area contributed by atoms with Crippen molar-refractivity contribution in [2.24, 2.45) is 0 Å². The van der Waals surface area contributed by atoms with Crippen LogP contribution in [0.4, 0.5) is 0 Å². The fraction of sp³-hybridized carbons (Fsp3) is 0.250. The lowest BCUT2D eigenvalue weighted by molar-refractivity contribution is -0.136. The molecule has 15 heavy (non-hydrogen) atoms. The number of carbonyl (C=O) groups is 1. The number of hydrogen-bond donors (Lipinski definition) is 0. The van der Waals surface area contributed by atoms with E-state index in [4.69, 9.17) is 4.74 Å². The summed E-state index contributed by atoms with van der Waals surface area (Å²) in [7, 11) is 0. The van der Waals surface area contributed by atoms with Gasteiger partial charge in [-0.05, 0) is 19.9 Å². The molecule has 0 spiro atoms. The van der Waals surface area contributed by atoms with E-state index in [1.165, 1.54) is 0 Å². The summed E-state index contributed by atoms with van der Waals surface area (Å²) in [4.78, 5) is 11.6. The minimum absolute atomic E-state index is 0.322. The molecule has 0 saturated heterocycles. The Hall–Kier alpha value is -1.09. The number of para-hydroxylation sites is 1. The summed E-state index contributed by atoms with van der Waals surface area (Å²) in [6.45, 7) is 7.14. The quantitative estimate of drug-likeness (QED) is 0.477. The maximum atomic E-state index is 11.6. The zero-order valence-electron chi connectivity index (χ0n) is 8.79. The summed E-state index contributed by atoms with van der Waals surface area (Å²) in [5.41, 5.74) is 0.808. The molecule has 3 heteroatoms. The van der Waals surface area contributed by atoms with Crippen LogP contribution < -0.4 is 4.74 Å². The monoisotopic (exact) mass is 268 g/mol. The molecule has 0 saturated carbocycles. The van der Waals surface area contributed by atoms with E-state index in [1.54, 1.807) is 26.0 Å². The van der Waals surface area contributed by atoms with Crippen molar-refractivity contribution in [3.8, 4) is 5.75 Å². The Balaban J connectivity index is 2.90. The van der Waals surface area contributed by atoms with Crippen LogP contribution in [0.15, 0.2) is 30.8 Å². The summed E-state index contributed by atoms with van der Waals surface area (Å²) in [6, 6.07) is 7.27. The van der Waals surface area contributed by atoms with E-state index in [0.29, 0.717) is 5.75 Å². The number of benzene rings is 1. The second-order valence-electron chi connectivity index (χ2n) is 3.60. The van der Waals surface area contributed by atoms with Gasteiger partial charge in [-0.15, -0.1) is 0 Å². The van der Waals surface area contributed by atoms with Gasteiger partial charge in [0, 0.05) is 5.56 Å². The molecular weight excluding hydrogens is 256 g/mol. The first-order chi connectivity index (χ1) is 6.95. The molecule has 0 aromatic heterocycles. The van der Waals surface area contributed by atoms with Crippen molar-refractivity contribution in [2.75, 3.05) is 0 Å². The highest BCUT2D eigenvalue weighted by atomic mass is 79.9. The van der Waals surface area contributed by atoms with E-state index in [1.807, 2.05) is 18.2 Å². The van der Waals surface area contributed by atoms with Gasteiger partial charge in [0.1, 0.15) is 10.1 Å². The third-order valence-electron chi connectivity index (χ3n) is 1.83. The van der Waals surface area contributed by atoms with Crippen molar-refractivity contribution in [2.45, 2.75) is 18.2 Å². The average molecular weight is 269 g/mol. The van der Waals surface area contributed by atoms with Gasteiger partial charge in [0.05, 0.1) is 0 Å². The number of esters is 1. The number of alkyl halides is 1. The summed E-state index contributed by atoms with van der Waals surface area (Å²) >= 11 is 3.25. The Bertz CT molecular complexity index is 377. The van der Waals surface area contributed by atoms with Gasteiger partial charge in [0.15, 0.2) is 0 Å². The number of rotatable bonds is 3. The molecule has 0 aliphatic rings. The van der Waals surface area contributed by atoms with Crippen LogP contribution in [0.1, 0.15) is 19.4 Å². The van der Waals surface area contributed by atoms with Gasteiger partial charge in [-0.1, -0.05) is 46.8 Å². The standard InChI is InChI=1S/C12H13BrO2/c1-4-9-7-5-6-8-10(9)15-11(14)12(2,3)13/h4-8H,1H2,2-3H3. The molecule has 1 aromatic rings. The second kappa shape index (κ2) is 4.62. The summed E-state index contributed by atoms with van der Waals surface area (Å²) < 4.78 is 4.56. The third-order valence-corrected chi connectivity index (χ3v) is 2.15. The lowest BCUT2D eigenvalue weighted by atomic mass is 10.2. The predicted octanol–water partition coefficient (Wildman–Crippen LogP) is 3.41. The van der Waals surface area contributed by atoms with E-state index >= 15 is 0 Å². The molecular formula is C12H13BrO2. The zero-order chi connectivity index (χ0) is 11.5. The normalized spacial score (nSPS) is 10.9. The van der Waals surface area contributed by atoms with E-state index in [2.05, 4.69) is 22.5 Å². The molecule has 0 N–H and O–H groups in total. The van der Waals surface area contributed by atoms with Gasteiger partial charge >= 0.3 is 5.97 Å². The molecule has 80 valence electrons. The van der Waals surface area contributed by atoms with Gasteiger partial charge in [-0.3, -0.25) is 4.79 Å². The van der Waals surface area contributed by atoms with Crippen molar-refractivity contribution >= 4 is 28.0 Å². The second-order valence-corrected chi connectivity index (χ2v) is 5.59. The Kier molecular flexibility index (Phi) is 3.69. The molecule has 0 radical (unpaired) electrons. The molecule has 0 amide bonds. The molecule has 0 unspecified atom stereocenters. The zero-order valence-corrected chi connectivity index (χ0v) is 10.4. The fourth-order valence-electron chi connectivity index (χ4n) is 0.963. The van der Waals surface area contributed by atoms with Crippen molar-refractivity contribution in [1.82, 2.24) is 0 Å². The number of carbonyl (C=O) groups excluding carboxylic acids is 1. The Labute approximate surface area is 98.1 Å². The molecule has 0 atom stereocenters. The Morgan fingerprint density at radius 1 is 1.47 bits per heavy atom. The van der Waals surface area contributed by atoms with Crippen LogP contribution in [0.25, 0.3) is 6.08 Å². The summed E-state index contributed by atoms with van der Waals surface area (Å²) in [5, 5.41) is 0. The maximum absolute atomic E-state index is 11.6. The predicted molar refractivity (Wildman–Crippen MR) is 65.2 cm³/mol. The Morgan fingerprint density at radius 3 is 2.60 bits per heavy atom. The van der Waals surface area contributed by atoms with E-state index in [0.717, 1.165) is 5.56 Å². The van der Waals surface area contributed by atoms with Gasteiger partial charge in [0.25, 0.3) is 0 Å². The molecule has 1 aromatic carbocycles. The molecule has 1 rings (SSSR count). The largest absolute Gasteiger partial charge is 0.425 e. The van der Waals surface area contributed by atoms with E-state index in [-0.39, 0.29) is 5.97 Å². The van der Waals surface area contributed by atoms with Gasteiger partial charge in [-0.2, -0.15) is 0 Å². The topological polar surface area (TPSA) is 26.3 Å². The minimum Gasteiger partial charge on any atom is -0.425 e. The van der Waals surface area contributed by atoms with Crippen molar-refractivity contribution in [1.29, 1.82) is 0 Å². The average Bonchev–Trinajstić information content (AvgIpc) is 2.17. The van der Waals surface area contributed by atoms with Gasteiger partial charge in [0.2, 0.25) is 0 Å². The highest BCUT2D eigenvalue weighted by molar-refractivity contribution is 9.10. The first-order valence-electron chi connectivity index (χ1n) is 4.58. The molecule has 0 fully saturated rings. The first kappa shape index (κ1) is 12.0. The number of hydrogen-bond acceptors (Lipinski definition) is 2. The smallest absolute Gasteiger partial charge is 0.327 e. The number of ether oxygens (including phenoxy) is 1. The van der Waals surface area contributed by atoms with Crippen LogP contribution in [0.2, 0.25) is 0 Å². The lowest BCUT2D eigenvalue weighted by Crippen LogP contribution is -2.29. The van der Waals surface area contributed by atoms with Crippen molar-refractivity contribution < 1.29 is 9.53 Å². The molecule has 0 aliphatic heterocycles. The van der Waals surface area contributed by atoms with E-state index < -0.39 is 4.32 Å². The van der Waals surface area contributed by atoms with Gasteiger partial charge < -0.3 is 4.74 Å². The molecule has 2 nitrogen and oxygen atoms in total. The van der Waals surface area contributed by atoms with Crippen LogP contribution in [-0.4, -0.2) is 10.3 Å². The Morgan fingerprint density at radius 2 is 2.07 bits per heavy atom. The highest BCUT2D eigenvalue weighted by Crippen LogP contribution is 2.23. The van der Waals surface area contributed by atoms with Crippen molar-refractivity contribution in [3.05, 3.63) is 36.4 Å². The lowest BCUT2D eigenvalue weighted by Gasteiger charge is -2.15. The molecule has 0 heterocycles. The summed E-state index contributed by atoms with van der Waals surface area (Å²) in [5.74, 6) is 0.210. The molecule has 0 bridgehead atoms. The SMILES string of the molecule is C=Cc1ccccc1OC(=O)C(C)(C)Br. The third kappa shape index (κ3) is 3.20. The fourth-order valence-corrected chi connectivity index (χ4v) is 1.04. The highest BCUT2D eigenvalue weighted by Gasteiger charge is 2.26. The van der Waals surface area contributed by atoms with Crippen molar-refractivity contribution in [3.63, 3.8) is 0 Å². The van der Waals surface area contributed by atoms with Crippen LogP contribution in [-0.2, 0) is 4.79 Å². The minimum atomic E-state index is -0.679. The number of halogens is 1. The molecule has 0 aliphatic carbocycles. The summed E-state index contributed by atoms with van der Waals surface area (Å²) in [6.07, 6.45) is 1.66. The van der Waals surface area contributed by atoms with Crippen LogP contribution >= 0.6 is 15.9 Å². The van der Waals surface area contributed by atoms with Crippen LogP contribution in [0.5, 0.6) is 5.75 Å². The van der Waals surface area contributed by atoms with Gasteiger partial charge in [-0.25, -0.2) is 0 Å².